The Hall–Kier alpha value is -4.42. The largest absolute Gasteiger partial charge is 0.507 e. The van der Waals surface area contributed by atoms with Gasteiger partial charge in [0.1, 0.15) is 35.4 Å². The molecule has 2 aromatic carbocycles. The number of ketones is 3. The topological polar surface area (TPSA) is 240 Å². The van der Waals surface area contributed by atoms with Crippen LogP contribution in [0, 0.1) is 6.92 Å². The maximum absolute atomic E-state index is 14.7. The van der Waals surface area contributed by atoms with Crippen molar-refractivity contribution in [3.8, 4) is 11.5 Å². The second-order valence-electron chi connectivity index (χ2n) is 12.9. The van der Waals surface area contributed by atoms with Gasteiger partial charge in [0.2, 0.25) is 17.3 Å². The summed E-state index contributed by atoms with van der Waals surface area (Å²) in [5.41, 5.74) is -8.57. The fourth-order valence-corrected chi connectivity index (χ4v) is 8.11. The van der Waals surface area contributed by atoms with Crippen molar-refractivity contribution in [3.63, 3.8) is 0 Å². The third kappa shape index (κ3) is 4.71. The first-order valence-corrected chi connectivity index (χ1v) is 16.0. The number of aryl methyl sites for hydroxylation is 1. The van der Waals surface area contributed by atoms with Crippen LogP contribution < -0.4 is 0 Å². The quantitative estimate of drug-likeness (QED) is 0.263. The Morgan fingerprint density at radius 1 is 0.941 bits per heavy atom. The Balaban J connectivity index is 1.57. The summed E-state index contributed by atoms with van der Waals surface area (Å²) < 4.78 is 27.1. The number of ether oxygens (including phenoxy) is 5. The Morgan fingerprint density at radius 3 is 2.20 bits per heavy atom. The van der Waals surface area contributed by atoms with Crippen molar-refractivity contribution in [2.75, 3.05) is 35.5 Å². The molecule has 3 aliphatic carbocycles. The highest BCUT2D eigenvalue weighted by molar-refractivity contribution is 6.53. The summed E-state index contributed by atoms with van der Waals surface area (Å²) in [5, 5.41) is 58.1. The number of Topliss-reactive ketones (excluding diaryl/α,β-unsaturated/α-hetero) is 3. The van der Waals surface area contributed by atoms with Gasteiger partial charge in [-0.05, 0) is 31.0 Å². The van der Waals surface area contributed by atoms with Crippen LogP contribution in [0.2, 0.25) is 0 Å². The highest BCUT2D eigenvalue weighted by Gasteiger charge is 2.72. The molecule has 51 heavy (non-hydrogen) atoms. The number of carbonyl (C=O) groups excluding carboxylic acids is 4. The molecule has 0 bridgehead atoms. The minimum absolute atomic E-state index is 0.0327. The van der Waals surface area contributed by atoms with Gasteiger partial charge in [0.05, 0.1) is 36.3 Å². The van der Waals surface area contributed by atoms with Gasteiger partial charge in [-0.1, -0.05) is 6.07 Å². The first-order chi connectivity index (χ1) is 24.1. The molecule has 1 heterocycles. The number of aromatic hydroxyl groups is 2. The zero-order valence-electron chi connectivity index (χ0n) is 28.8. The number of methoxy groups -OCH3 is 4. The molecular weight excluding hydrogens is 672 g/mol. The molecule has 0 spiro atoms. The van der Waals surface area contributed by atoms with Crippen molar-refractivity contribution in [1.29, 1.82) is 0 Å². The van der Waals surface area contributed by atoms with Gasteiger partial charge < -0.3 is 49.2 Å². The Kier molecular flexibility index (Phi) is 9.03. The predicted molar refractivity (Wildman–Crippen MR) is 175 cm³/mol. The average Bonchev–Trinajstić information content (AvgIpc) is 3.08. The molecule has 0 aromatic heterocycles. The molecule has 1 saturated heterocycles. The van der Waals surface area contributed by atoms with Crippen molar-refractivity contribution in [1.82, 2.24) is 0 Å². The lowest BCUT2D eigenvalue weighted by Crippen LogP contribution is -2.73. The molecule has 6 rings (SSSR count). The van der Waals surface area contributed by atoms with E-state index in [2.05, 4.69) is 9.98 Å². The number of phenols is 2. The monoisotopic (exact) mass is 710 g/mol. The summed E-state index contributed by atoms with van der Waals surface area (Å²) in [7, 11) is 6.14. The number of carbonyl (C=O) groups is 4. The molecular formula is C35H38N2O14. The second-order valence-corrected chi connectivity index (χ2v) is 12.9. The zero-order chi connectivity index (χ0) is 37.5. The van der Waals surface area contributed by atoms with Crippen LogP contribution in [0.3, 0.4) is 0 Å². The zero-order valence-corrected chi connectivity index (χ0v) is 28.8. The maximum Gasteiger partial charge on any atom is 0.341 e. The number of aliphatic hydroxyl groups excluding tert-OH is 2. The van der Waals surface area contributed by atoms with Gasteiger partial charge in [-0.25, -0.2) is 4.79 Å². The van der Waals surface area contributed by atoms with Gasteiger partial charge in [0.25, 0.3) is 0 Å². The first kappa shape index (κ1) is 36.4. The second kappa shape index (κ2) is 12.7. The van der Waals surface area contributed by atoms with Gasteiger partial charge in [-0.15, -0.1) is 0 Å². The summed E-state index contributed by atoms with van der Waals surface area (Å²) in [4.78, 5) is 64.8. The van der Waals surface area contributed by atoms with E-state index in [4.69, 9.17) is 23.7 Å². The third-order valence-corrected chi connectivity index (χ3v) is 10.5. The number of benzene rings is 2. The Bertz CT molecular complexity index is 1950. The SMILES string of the molecule is CN=C1CC(=NC2OC(C)C(OC)C(O)C2OC)C(=O)c2cc3c(c(O)c21)C(=O)[C@]1(OC)[C@H](O)Cc2cc(C)c(C(=O)OC)c(O)c2[C@]1(O)C3=O. The third-order valence-electron chi connectivity index (χ3n) is 10.5. The van der Waals surface area contributed by atoms with E-state index in [1.165, 1.54) is 34.3 Å². The van der Waals surface area contributed by atoms with Gasteiger partial charge in [-0.2, -0.15) is 0 Å². The first-order valence-electron chi connectivity index (χ1n) is 16.0. The van der Waals surface area contributed by atoms with Crippen LogP contribution in [-0.4, -0.2) is 138 Å². The Morgan fingerprint density at radius 2 is 1.61 bits per heavy atom. The molecule has 1 fully saturated rings. The van der Waals surface area contributed by atoms with Crippen molar-refractivity contribution in [2.24, 2.45) is 9.98 Å². The molecule has 0 saturated carbocycles. The van der Waals surface area contributed by atoms with Crippen LogP contribution in [0.15, 0.2) is 22.1 Å². The molecule has 0 amide bonds. The van der Waals surface area contributed by atoms with Crippen LogP contribution in [0.25, 0.3) is 0 Å². The van der Waals surface area contributed by atoms with E-state index in [-0.39, 0.29) is 40.1 Å². The standard InChI is InChI=1S/C35H38N2O14/c1-12-8-14-9-19(38)35(50-7)31(44)22-16(30(43)34(35,46)23(14)26(41)20(12)33(45)49-6)10-15-21(25(22)40)17(36-3)11-18(24(15)39)37-32-29(48-5)27(42)28(47-4)13(2)51-32/h8,10,13,19,27-29,32,38,40-42,46H,9,11H2,1-7H3/t13?,19-,27?,28?,29?,32?,34+,35-/m1/s1. The summed E-state index contributed by atoms with van der Waals surface area (Å²) >= 11 is 0. The van der Waals surface area contributed by atoms with E-state index in [1.54, 1.807) is 6.92 Å². The smallest absolute Gasteiger partial charge is 0.341 e. The number of esters is 1. The maximum atomic E-state index is 14.7. The highest BCUT2D eigenvalue weighted by atomic mass is 16.6. The number of rotatable bonds is 5. The van der Waals surface area contributed by atoms with E-state index in [0.717, 1.165) is 20.3 Å². The molecule has 272 valence electrons. The van der Waals surface area contributed by atoms with Crippen LogP contribution in [0.4, 0.5) is 0 Å². The van der Waals surface area contributed by atoms with Crippen LogP contribution >= 0.6 is 0 Å². The van der Waals surface area contributed by atoms with E-state index in [0.29, 0.717) is 0 Å². The number of fused-ring (bicyclic) bond motifs is 5. The molecule has 1 aliphatic heterocycles. The van der Waals surface area contributed by atoms with Gasteiger partial charge in [-0.3, -0.25) is 24.4 Å². The predicted octanol–water partition coefficient (Wildman–Crippen LogP) is 0.344. The number of aliphatic imine (C=N–C) groups is 2. The van der Waals surface area contributed by atoms with E-state index in [1.807, 2.05) is 0 Å². The molecule has 16 nitrogen and oxygen atoms in total. The summed E-state index contributed by atoms with van der Waals surface area (Å²) in [6, 6.07) is 2.37. The normalized spacial score (nSPS) is 33.1. The van der Waals surface area contributed by atoms with Gasteiger partial charge in [0.15, 0.2) is 17.4 Å². The summed E-state index contributed by atoms with van der Waals surface area (Å²) in [6.45, 7) is 3.12. The molecule has 8 atom stereocenters. The average molecular weight is 711 g/mol. The molecule has 0 radical (unpaired) electrons. The minimum atomic E-state index is -3.18. The molecule has 16 heteroatoms. The lowest BCUT2D eigenvalue weighted by atomic mass is 9.56. The summed E-state index contributed by atoms with van der Waals surface area (Å²) in [5.74, 6) is -6.06. The van der Waals surface area contributed by atoms with Crippen LogP contribution in [-0.2, 0) is 35.7 Å². The Labute approximate surface area is 291 Å². The molecule has 5 unspecified atom stereocenters. The number of hydrogen-bond donors (Lipinski definition) is 5. The van der Waals surface area contributed by atoms with Crippen molar-refractivity contribution >= 4 is 34.7 Å². The lowest BCUT2D eigenvalue weighted by molar-refractivity contribution is -0.228. The number of nitrogens with zero attached hydrogens (tertiary/aromatic N) is 2. The summed E-state index contributed by atoms with van der Waals surface area (Å²) in [6.07, 6.45) is -7.40. The minimum Gasteiger partial charge on any atom is -0.507 e. The van der Waals surface area contributed by atoms with Gasteiger partial charge >= 0.3 is 5.97 Å². The van der Waals surface area contributed by atoms with Gasteiger partial charge in [0, 0.05) is 63.5 Å². The van der Waals surface area contributed by atoms with Crippen molar-refractivity contribution in [3.05, 3.63) is 56.6 Å². The van der Waals surface area contributed by atoms with E-state index >= 15 is 0 Å². The van der Waals surface area contributed by atoms with E-state index in [9.17, 15) is 44.7 Å². The fraction of sp³-hybridized carbons (Fsp3) is 0.486. The number of phenolic OH excluding ortho intramolecular Hbond substituents is 2. The van der Waals surface area contributed by atoms with Crippen molar-refractivity contribution < 1.29 is 68.4 Å². The van der Waals surface area contributed by atoms with E-state index < -0.39 is 111 Å². The van der Waals surface area contributed by atoms with Crippen molar-refractivity contribution in [2.45, 2.75) is 74.6 Å². The molecule has 2 aromatic rings. The fourth-order valence-electron chi connectivity index (χ4n) is 8.11. The number of aliphatic hydroxyl groups is 3. The van der Waals surface area contributed by atoms with Crippen LogP contribution in [0.5, 0.6) is 11.5 Å². The van der Waals surface area contributed by atoms with Crippen LogP contribution in [0.1, 0.15) is 77.0 Å². The molecule has 5 N–H and O–H groups in total. The highest BCUT2D eigenvalue weighted by Crippen LogP contribution is 2.56. The molecule has 4 aliphatic rings. The lowest BCUT2D eigenvalue weighted by Gasteiger charge is -2.53. The number of hydrogen-bond acceptors (Lipinski definition) is 16.